The number of allylic oxidation sites excluding steroid dienone is 13. The van der Waals surface area contributed by atoms with E-state index in [4.69, 9.17) is 0 Å². The summed E-state index contributed by atoms with van der Waals surface area (Å²) >= 11 is 0. The molecule has 0 amide bonds. The zero-order valence-electron chi connectivity index (χ0n) is 26.4. The van der Waals surface area contributed by atoms with Crippen LogP contribution in [0.15, 0.2) is 210 Å². The molecule has 1 heterocycles. The van der Waals surface area contributed by atoms with Crippen LogP contribution in [0.5, 0.6) is 0 Å². The molecule has 0 fully saturated rings. The lowest BCUT2D eigenvalue weighted by Gasteiger charge is -2.42. The fourth-order valence-electron chi connectivity index (χ4n) is 8.28. The maximum absolute atomic E-state index is 2.51. The Bertz CT molecular complexity index is 2500. The zero-order valence-corrected chi connectivity index (χ0v) is 26.4. The molecular formula is C46H32N2. The highest BCUT2D eigenvalue weighted by atomic mass is 15.2. The first-order valence-corrected chi connectivity index (χ1v) is 16.8. The van der Waals surface area contributed by atoms with E-state index >= 15 is 0 Å². The molecule has 0 saturated carbocycles. The standard InChI is InChI=1S/C46H32N2/c1-3-12-31(13-4-1)37-18-7-9-20-41(37)48(43-29-25-34-23-22-32-14-11-15-33-24-27-40(43)46(34)45(32)33)36-26-28-39-38-19-8-10-21-42(38)47(44(39)30-36)35-16-5-2-6-17-35/h1-30,45-46H. The Morgan fingerprint density at radius 3 is 2.06 bits per heavy atom. The van der Waals surface area contributed by atoms with Gasteiger partial charge in [-0.3, -0.25) is 0 Å². The van der Waals surface area contributed by atoms with Gasteiger partial charge in [0, 0.05) is 39.5 Å². The van der Waals surface area contributed by atoms with Gasteiger partial charge in [0.15, 0.2) is 0 Å². The number of rotatable bonds is 5. The normalized spacial score (nSPS) is 18.9. The van der Waals surface area contributed by atoms with Crippen LogP contribution in [-0.4, -0.2) is 4.57 Å². The van der Waals surface area contributed by atoms with E-state index in [1.165, 1.54) is 60.9 Å². The van der Waals surface area contributed by atoms with Gasteiger partial charge in [-0.25, -0.2) is 0 Å². The Hall–Kier alpha value is -6.12. The van der Waals surface area contributed by atoms with Crippen molar-refractivity contribution in [2.24, 2.45) is 11.8 Å². The second-order valence-corrected chi connectivity index (χ2v) is 12.9. The van der Waals surface area contributed by atoms with Crippen molar-refractivity contribution in [1.82, 2.24) is 4.57 Å². The van der Waals surface area contributed by atoms with Gasteiger partial charge in [-0.1, -0.05) is 140 Å². The molecule has 226 valence electrons. The first kappa shape index (κ1) is 27.0. The summed E-state index contributed by atoms with van der Waals surface area (Å²) in [4.78, 5) is 2.51. The van der Waals surface area contributed by atoms with Crippen LogP contribution in [0.4, 0.5) is 11.4 Å². The van der Waals surface area contributed by atoms with Crippen molar-refractivity contribution >= 4 is 33.2 Å². The molecule has 48 heavy (non-hydrogen) atoms. The van der Waals surface area contributed by atoms with Gasteiger partial charge in [-0.05, 0) is 70.3 Å². The molecule has 5 aromatic carbocycles. The van der Waals surface area contributed by atoms with E-state index in [9.17, 15) is 0 Å². The third-order valence-corrected chi connectivity index (χ3v) is 10.4. The number of aromatic nitrogens is 1. The molecular weight excluding hydrogens is 581 g/mol. The van der Waals surface area contributed by atoms with Gasteiger partial charge in [-0.2, -0.15) is 0 Å². The van der Waals surface area contributed by atoms with Crippen LogP contribution in [0.3, 0.4) is 0 Å². The Labute approximate surface area is 280 Å². The highest BCUT2D eigenvalue weighted by Crippen LogP contribution is 2.52. The van der Waals surface area contributed by atoms with Gasteiger partial charge in [0.25, 0.3) is 0 Å². The number of hydrogen-bond donors (Lipinski definition) is 0. The minimum Gasteiger partial charge on any atom is -0.309 e. The first-order valence-electron chi connectivity index (χ1n) is 16.8. The maximum Gasteiger partial charge on any atom is 0.0561 e. The molecule has 4 aliphatic rings. The number of benzene rings is 5. The Morgan fingerprint density at radius 2 is 1.19 bits per heavy atom. The summed E-state index contributed by atoms with van der Waals surface area (Å²) in [6.07, 6.45) is 20.8. The molecule has 2 nitrogen and oxygen atoms in total. The van der Waals surface area contributed by atoms with E-state index in [1.54, 1.807) is 0 Å². The van der Waals surface area contributed by atoms with E-state index in [0.29, 0.717) is 5.92 Å². The summed E-state index contributed by atoms with van der Waals surface area (Å²) in [5.74, 6) is 0.612. The number of nitrogens with zero attached hydrogens (tertiary/aromatic N) is 2. The van der Waals surface area contributed by atoms with Gasteiger partial charge >= 0.3 is 0 Å². The average Bonchev–Trinajstić information content (AvgIpc) is 3.49. The predicted octanol–water partition coefficient (Wildman–Crippen LogP) is 11.6. The third-order valence-electron chi connectivity index (χ3n) is 10.4. The Morgan fingerprint density at radius 1 is 0.500 bits per heavy atom. The van der Waals surface area contributed by atoms with Crippen LogP contribution >= 0.6 is 0 Å². The minimum absolute atomic E-state index is 0.275. The fraction of sp³-hybridized carbons (Fsp3) is 0.0435. The van der Waals surface area contributed by atoms with Gasteiger partial charge in [0.2, 0.25) is 0 Å². The van der Waals surface area contributed by atoms with Crippen molar-refractivity contribution < 1.29 is 0 Å². The van der Waals surface area contributed by atoms with E-state index in [-0.39, 0.29) is 5.92 Å². The summed E-state index contributed by atoms with van der Waals surface area (Å²) < 4.78 is 2.41. The second kappa shape index (κ2) is 10.7. The molecule has 2 atom stereocenters. The molecule has 4 aliphatic carbocycles. The Balaban J connectivity index is 1.26. The van der Waals surface area contributed by atoms with Crippen molar-refractivity contribution in [3.8, 4) is 16.8 Å². The van der Waals surface area contributed by atoms with E-state index in [0.717, 1.165) is 17.1 Å². The number of para-hydroxylation sites is 3. The van der Waals surface area contributed by atoms with Crippen molar-refractivity contribution in [2.45, 2.75) is 0 Å². The van der Waals surface area contributed by atoms with Crippen LogP contribution in [0, 0.1) is 11.8 Å². The van der Waals surface area contributed by atoms with Crippen LogP contribution in [-0.2, 0) is 0 Å². The highest BCUT2D eigenvalue weighted by Gasteiger charge is 2.39. The molecule has 0 N–H and O–H groups in total. The van der Waals surface area contributed by atoms with E-state index in [2.05, 4.69) is 192 Å². The lowest BCUT2D eigenvalue weighted by molar-refractivity contribution is 0.559. The third kappa shape index (κ3) is 4.06. The molecule has 0 aliphatic heterocycles. The van der Waals surface area contributed by atoms with Crippen molar-refractivity contribution in [1.29, 1.82) is 0 Å². The van der Waals surface area contributed by atoms with Crippen LogP contribution in [0.2, 0.25) is 0 Å². The average molecular weight is 613 g/mol. The summed E-state index contributed by atoms with van der Waals surface area (Å²) in [5, 5.41) is 2.51. The monoisotopic (exact) mass is 612 g/mol. The topological polar surface area (TPSA) is 8.17 Å². The van der Waals surface area contributed by atoms with Crippen LogP contribution in [0.1, 0.15) is 0 Å². The molecule has 0 radical (unpaired) electrons. The van der Waals surface area contributed by atoms with Gasteiger partial charge < -0.3 is 9.47 Å². The molecule has 0 saturated heterocycles. The zero-order chi connectivity index (χ0) is 31.6. The first-order chi connectivity index (χ1) is 23.8. The smallest absolute Gasteiger partial charge is 0.0561 e. The summed E-state index contributed by atoms with van der Waals surface area (Å²) in [5.41, 5.74) is 15.0. The molecule has 2 heteroatoms. The molecule has 1 aromatic heterocycles. The molecule has 0 bridgehead atoms. The molecule has 10 rings (SSSR count). The lowest BCUT2D eigenvalue weighted by atomic mass is 9.64. The van der Waals surface area contributed by atoms with Gasteiger partial charge in [0.05, 0.1) is 22.4 Å². The van der Waals surface area contributed by atoms with Gasteiger partial charge in [0.1, 0.15) is 0 Å². The second-order valence-electron chi connectivity index (χ2n) is 12.9. The minimum atomic E-state index is 0.275. The molecule has 0 spiro atoms. The fourth-order valence-corrected chi connectivity index (χ4v) is 8.28. The predicted molar refractivity (Wildman–Crippen MR) is 200 cm³/mol. The summed E-state index contributed by atoms with van der Waals surface area (Å²) in [6, 6.07) is 46.2. The van der Waals surface area contributed by atoms with Crippen LogP contribution in [0.25, 0.3) is 38.6 Å². The van der Waals surface area contributed by atoms with Crippen molar-refractivity contribution in [3.63, 3.8) is 0 Å². The lowest BCUT2D eigenvalue weighted by Crippen LogP contribution is -2.32. The SMILES string of the molecule is C1=CC2=CC=C3C=CC(N(c4ccc5c6ccccc6n(-c6ccccc6)c5c4)c4ccccc4-c4ccccc4)=C4C=CC(=C1)C2C34. The summed E-state index contributed by atoms with van der Waals surface area (Å²) in [7, 11) is 0. The molecule has 2 unspecified atom stereocenters. The van der Waals surface area contributed by atoms with Crippen molar-refractivity contribution in [2.75, 3.05) is 4.90 Å². The van der Waals surface area contributed by atoms with Gasteiger partial charge in [-0.15, -0.1) is 0 Å². The number of hydrogen-bond acceptors (Lipinski definition) is 1. The van der Waals surface area contributed by atoms with Crippen molar-refractivity contribution in [3.05, 3.63) is 210 Å². The van der Waals surface area contributed by atoms with E-state index < -0.39 is 0 Å². The molecule has 6 aromatic rings. The quantitative estimate of drug-likeness (QED) is 0.188. The summed E-state index contributed by atoms with van der Waals surface area (Å²) in [6.45, 7) is 0. The number of anilines is 2. The van der Waals surface area contributed by atoms with E-state index in [1.807, 2.05) is 0 Å². The maximum atomic E-state index is 2.51. The Kier molecular flexibility index (Phi) is 6.04. The largest absolute Gasteiger partial charge is 0.309 e. The number of fused-ring (bicyclic) bond motifs is 3. The highest BCUT2D eigenvalue weighted by molar-refractivity contribution is 6.10. The van der Waals surface area contributed by atoms with Crippen LogP contribution < -0.4 is 4.90 Å².